The van der Waals surface area contributed by atoms with Crippen molar-refractivity contribution in [2.24, 2.45) is 0 Å². The molecule has 2 aliphatic heterocycles. The average molecular weight is 1310 g/mol. The Morgan fingerprint density at radius 3 is 1.19 bits per heavy atom. The topological polar surface area (TPSA) is 167 Å². The zero-order valence-electron chi connectivity index (χ0n) is 49.1. The van der Waals surface area contributed by atoms with Crippen molar-refractivity contribution in [1.82, 2.24) is 29.6 Å². The normalized spacial score (nSPS) is 15.3. The Morgan fingerprint density at radius 2 is 0.879 bits per heavy atom. The van der Waals surface area contributed by atoms with E-state index in [1.807, 2.05) is 0 Å². The number of pyridine rings is 2. The molecule has 8 rings (SSSR count). The van der Waals surface area contributed by atoms with Gasteiger partial charge in [-0.1, -0.05) is 81.4 Å². The van der Waals surface area contributed by atoms with E-state index in [1.165, 1.54) is 92.5 Å². The summed E-state index contributed by atoms with van der Waals surface area (Å²) in [7, 11) is -3.72. The molecule has 91 heavy (non-hydrogen) atoms. The van der Waals surface area contributed by atoms with E-state index in [9.17, 15) is 77.0 Å². The van der Waals surface area contributed by atoms with Crippen LogP contribution >= 0.6 is 0 Å². The lowest BCUT2D eigenvalue weighted by Crippen LogP contribution is -2.62. The van der Waals surface area contributed by atoms with Gasteiger partial charge >= 0.3 is 36.8 Å². The lowest BCUT2D eigenvalue weighted by molar-refractivity contribution is -0.376. The second-order valence-corrected chi connectivity index (χ2v) is 27.7. The number of hydrazine groups is 1. The van der Waals surface area contributed by atoms with Crippen molar-refractivity contribution < 1.29 is 90.2 Å². The number of nitrogens with zero attached hydrogens (tertiary/aromatic N) is 8. The Kier molecular flexibility index (Phi) is 19.7. The highest BCUT2D eigenvalue weighted by Crippen LogP contribution is 2.57. The molecule has 2 aromatic heterocycles. The van der Waals surface area contributed by atoms with Gasteiger partial charge in [0.1, 0.15) is 34.6 Å². The largest absolute Gasteiger partial charge is 0.430 e. The van der Waals surface area contributed by atoms with Gasteiger partial charge in [-0.2, -0.15) is 62.7 Å². The number of hydrogen-bond donors (Lipinski definition) is 3. The van der Waals surface area contributed by atoms with Gasteiger partial charge < -0.3 is 19.3 Å². The molecule has 2 aliphatic rings. The minimum absolute atomic E-state index is 0.000757. The van der Waals surface area contributed by atoms with E-state index in [1.54, 1.807) is 9.80 Å². The van der Waals surface area contributed by atoms with Gasteiger partial charge in [-0.25, -0.2) is 28.3 Å². The van der Waals surface area contributed by atoms with Crippen molar-refractivity contribution in [3.63, 3.8) is 0 Å². The van der Waals surface area contributed by atoms with Crippen LogP contribution < -0.4 is 20.7 Å². The number of carbonyl (C=O) groups is 4. The molecular formula is C60H60F14N10O6Si. The van der Waals surface area contributed by atoms with Gasteiger partial charge in [-0.15, -0.1) is 0 Å². The fourth-order valence-corrected chi connectivity index (χ4v) is 11.3. The third kappa shape index (κ3) is 14.6. The van der Waals surface area contributed by atoms with E-state index < -0.39 is 107 Å². The van der Waals surface area contributed by atoms with E-state index in [2.05, 4.69) is 20.6 Å². The molecule has 2 fully saturated rings. The van der Waals surface area contributed by atoms with Crippen LogP contribution in [0.5, 0.6) is 0 Å². The maximum atomic E-state index is 17.0. The molecule has 0 atom stereocenters. The van der Waals surface area contributed by atoms with Gasteiger partial charge in [-0.05, 0) is 89.9 Å². The standard InChI is InChI=1S/C60H60F14N10O6Si/c1-54(2,3)91(4,5)90-56(59(69,70)71,60(72,73)74)43-20-14-39(15-21-43)37-80-28-32-82(33-29-80)51(86)41-17-23-47(45(62)35-41)84(53(88)78-49-11-7-9-25-76-49)83(52(87)77-48-10-6-8-24-75-48)46-22-16-40(34-44(46)61)50(85)81-30-26-79(27-31-81)36-38-12-18-42(19-13-38)55(89,57(63,64)65)58(66,67)68/h6-25,34-35,89H,26-33,36-37H2,1-5H3,(H,75,77,87)(H,76,78,88). The fourth-order valence-electron chi connectivity index (χ4n) is 9.92. The molecule has 2 saturated heterocycles. The molecule has 4 aromatic carbocycles. The number of carbonyl (C=O) groups excluding carboxylic acids is 4. The maximum Gasteiger partial charge on any atom is 0.430 e. The molecule has 0 unspecified atom stereocenters. The molecule has 0 spiro atoms. The number of hydrogen-bond acceptors (Lipinski definition) is 10. The lowest BCUT2D eigenvalue weighted by Gasteiger charge is -2.46. The summed E-state index contributed by atoms with van der Waals surface area (Å²) in [5, 5.41) is 14.4. The smallest absolute Gasteiger partial charge is 0.393 e. The first kappa shape index (κ1) is 68.6. The number of halogens is 14. The first-order valence-corrected chi connectivity index (χ1v) is 30.8. The highest BCUT2D eigenvalue weighted by Gasteiger charge is 2.75. The molecule has 0 radical (unpaired) electrons. The Hall–Kier alpha value is -8.26. The quantitative estimate of drug-likeness (QED) is 0.0543. The third-order valence-corrected chi connectivity index (χ3v) is 20.4. The molecule has 0 saturated carbocycles. The average Bonchev–Trinajstić information content (AvgIpc) is 0.739. The molecule has 0 aliphatic carbocycles. The zero-order valence-corrected chi connectivity index (χ0v) is 50.1. The van der Waals surface area contributed by atoms with Crippen LogP contribution in [-0.4, -0.2) is 144 Å². The number of piperazine rings is 2. The molecule has 6 amide bonds. The summed E-state index contributed by atoms with van der Waals surface area (Å²) in [5.74, 6) is -4.28. The van der Waals surface area contributed by atoms with Gasteiger partial charge in [0.15, 0.2) is 8.32 Å². The number of urea groups is 2. The number of aromatic nitrogens is 2. The minimum Gasteiger partial charge on any atom is -0.393 e. The van der Waals surface area contributed by atoms with Crippen molar-refractivity contribution in [3.8, 4) is 0 Å². The van der Waals surface area contributed by atoms with E-state index >= 15 is 8.78 Å². The van der Waals surface area contributed by atoms with Gasteiger partial charge in [0.25, 0.3) is 23.0 Å². The predicted octanol–water partition coefficient (Wildman–Crippen LogP) is 13.0. The SMILES string of the molecule is CC(C)(C)[Si](C)(C)OC(c1ccc(CN2CCN(C(=O)c3ccc(N(C(=O)Nc4ccccn4)N(C(=O)Nc4ccccn4)c4ccc(C(=O)N5CCN(Cc6ccc(C(O)(C(F)(F)F)C(F)(F)F)cc6)CC5)cc4F)c(F)c3)CC2)cc1)(C(F)(F)F)C(F)(F)F. The summed E-state index contributed by atoms with van der Waals surface area (Å²) in [5.41, 5.74) is -13.7. The van der Waals surface area contributed by atoms with Crippen LogP contribution in [0.4, 0.5) is 94.1 Å². The summed E-state index contributed by atoms with van der Waals surface area (Å²) in [4.78, 5) is 71.4. The predicted molar refractivity (Wildman–Crippen MR) is 308 cm³/mol. The van der Waals surface area contributed by atoms with Gasteiger partial charge in [0, 0.05) is 100 Å². The van der Waals surface area contributed by atoms with E-state index in [0.717, 1.165) is 72.8 Å². The van der Waals surface area contributed by atoms with Crippen molar-refractivity contribution in [2.45, 2.75) is 87.9 Å². The van der Waals surface area contributed by atoms with Crippen molar-refractivity contribution in [3.05, 3.63) is 179 Å². The molecule has 31 heteroatoms. The van der Waals surface area contributed by atoms with Crippen LogP contribution in [0.1, 0.15) is 63.7 Å². The van der Waals surface area contributed by atoms with Crippen molar-refractivity contribution in [1.29, 1.82) is 0 Å². The summed E-state index contributed by atoms with van der Waals surface area (Å²) >= 11 is 0. The van der Waals surface area contributed by atoms with Crippen molar-refractivity contribution >= 4 is 55.2 Å². The molecule has 488 valence electrons. The molecule has 0 bridgehead atoms. The molecule has 4 heterocycles. The van der Waals surface area contributed by atoms with Gasteiger partial charge in [0.05, 0.1) is 0 Å². The number of benzene rings is 4. The van der Waals surface area contributed by atoms with Crippen LogP contribution in [0.3, 0.4) is 0 Å². The Balaban J connectivity index is 1.00. The summed E-state index contributed by atoms with van der Waals surface area (Å²) in [6, 6.07) is 18.6. The monoisotopic (exact) mass is 1310 g/mol. The van der Waals surface area contributed by atoms with Crippen LogP contribution in [0.15, 0.2) is 134 Å². The molecule has 6 aromatic rings. The maximum absolute atomic E-state index is 17.0. The first-order valence-electron chi connectivity index (χ1n) is 27.9. The number of nitrogens with one attached hydrogen (secondary N) is 2. The Labute approximate surface area is 513 Å². The summed E-state index contributed by atoms with van der Waals surface area (Å²) in [6.07, 6.45) is -21.3. The van der Waals surface area contributed by atoms with Gasteiger partial charge in [-0.3, -0.25) is 30.0 Å². The van der Waals surface area contributed by atoms with Crippen LogP contribution in [0, 0.1) is 11.6 Å². The van der Waals surface area contributed by atoms with Crippen LogP contribution in [0.25, 0.3) is 0 Å². The zero-order chi connectivity index (χ0) is 66.9. The number of amides is 6. The van der Waals surface area contributed by atoms with Crippen molar-refractivity contribution in [2.75, 3.05) is 73.0 Å². The first-order chi connectivity index (χ1) is 42.4. The number of anilines is 4. The number of alkyl halides is 12. The Morgan fingerprint density at radius 1 is 0.516 bits per heavy atom. The summed E-state index contributed by atoms with van der Waals surface area (Å²) in [6.45, 7) is 7.79. The number of rotatable bonds is 14. The van der Waals surface area contributed by atoms with E-state index in [4.69, 9.17) is 4.43 Å². The van der Waals surface area contributed by atoms with Crippen LogP contribution in [0.2, 0.25) is 18.1 Å². The molecular weight excluding hydrogens is 1250 g/mol. The second kappa shape index (κ2) is 26.2. The fraction of sp³-hybridized carbons (Fsp3) is 0.367. The summed E-state index contributed by atoms with van der Waals surface area (Å²) < 4.78 is 208. The van der Waals surface area contributed by atoms with Crippen LogP contribution in [-0.2, 0) is 28.7 Å². The molecule has 16 nitrogen and oxygen atoms in total. The Bertz CT molecular complexity index is 3530. The lowest BCUT2D eigenvalue weighted by atomic mass is 9.91. The number of aliphatic hydroxyl groups is 1. The van der Waals surface area contributed by atoms with Gasteiger partial charge in [0.2, 0.25) is 0 Å². The third-order valence-electron chi connectivity index (χ3n) is 15.9. The highest BCUT2D eigenvalue weighted by atomic mass is 28.4. The highest BCUT2D eigenvalue weighted by molar-refractivity contribution is 6.74. The van der Waals surface area contributed by atoms with E-state index in [0.29, 0.717) is 27.7 Å². The minimum atomic E-state index is -6.08. The molecule has 3 N–H and O–H groups in total. The second-order valence-electron chi connectivity index (χ2n) is 23.0. The van der Waals surface area contributed by atoms with E-state index in [-0.39, 0.29) is 93.8 Å².